The summed E-state index contributed by atoms with van der Waals surface area (Å²) in [6, 6.07) is 5.19. The lowest BCUT2D eigenvalue weighted by Crippen LogP contribution is -2.34. The molecule has 0 saturated heterocycles. The van der Waals surface area contributed by atoms with Gasteiger partial charge in [0.25, 0.3) is 0 Å². The first-order valence-corrected chi connectivity index (χ1v) is 7.15. The van der Waals surface area contributed by atoms with Crippen LogP contribution < -0.4 is 11.1 Å². The molecule has 0 unspecified atom stereocenters. The van der Waals surface area contributed by atoms with Gasteiger partial charge in [0.1, 0.15) is 0 Å². The van der Waals surface area contributed by atoms with Crippen LogP contribution >= 0.6 is 0 Å². The maximum Gasteiger partial charge on any atom is 0.416 e. The molecule has 116 valence electrons. The molecule has 6 heteroatoms. The summed E-state index contributed by atoms with van der Waals surface area (Å²) in [6.45, 7) is 1.32. The van der Waals surface area contributed by atoms with Crippen LogP contribution in [-0.4, -0.2) is 19.0 Å². The average Bonchev–Trinajstić information content (AvgIpc) is 2.36. The van der Waals surface area contributed by atoms with E-state index in [1.807, 2.05) is 0 Å². The molecule has 1 fully saturated rings. The van der Waals surface area contributed by atoms with E-state index >= 15 is 0 Å². The smallest absolute Gasteiger partial charge is 0.370 e. The largest absolute Gasteiger partial charge is 0.416 e. The first kappa shape index (κ1) is 15.7. The Morgan fingerprint density at radius 2 is 1.90 bits per heavy atom. The summed E-state index contributed by atoms with van der Waals surface area (Å²) >= 11 is 0. The lowest BCUT2D eigenvalue weighted by Gasteiger charge is -2.23. The highest BCUT2D eigenvalue weighted by Crippen LogP contribution is 2.29. The summed E-state index contributed by atoms with van der Waals surface area (Å²) in [5, 5.41) is 2.99. The topological polar surface area (TPSA) is 50.4 Å². The summed E-state index contributed by atoms with van der Waals surface area (Å²) in [4.78, 5) is 4.26. The van der Waals surface area contributed by atoms with Crippen LogP contribution in [0.1, 0.15) is 30.4 Å². The van der Waals surface area contributed by atoms with Crippen molar-refractivity contribution in [3.05, 3.63) is 35.4 Å². The van der Waals surface area contributed by atoms with Gasteiger partial charge in [-0.2, -0.15) is 13.2 Å². The Morgan fingerprint density at radius 3 is 2.43 bits per heavy atom. The zero-order valence-electron chi connectivity index (χ0n) is 11.8. The summed E-state index contributed by atoms with van der Waals surface area (Å²) in [6.07, 6.45) is 0.0548. The third-order valence-corrected chi connectivity index (χ3v) is 3.75. The molecule has 1 aliphatic carbocycles. The number of nitrogens with zero attached hydrogens (tertiary/aromatic N) is 1. The fraction of sp³-hybridized carbons (Fsp3) is 0.533. The van der Waals surface area contributed by atoms with Crippen LogP contribution in [0.3, 0.4) is 0 Å². The highest BCUT2D eigenvalue weighted by molar-refractivity contribution is 5.77. The molecule has 3 nitrogen and oxygen atoms in total. The average molecular weight is 299 g/mol. The van der Waals surface area contributed by atoms with E-state index in [1.54, 1.807) is 0 Å². The molecule has 2 rings (SSSR count). The molecule has 0 atom stereocenters. The van der Waals surface area contributed by atoms with Crippen LogP contribution in [0.4, 0.5) is 13.2 Å². The van der Waals surface area contributed by atoms with E-state index in [0.717, 1.165) is 24.2 Å². The highest BCUT2D eigenvalue weighted by atomic mass is 19.4. The van der Waals surface area contributed by atoms with Crippen molar-refractivity contribution in [1.82, 2.24) is 5.32 Å². The molecule has 1 aliphatic rings. The van der Waals surface area contributed by atoms with Gasteiger partial charge >= 0.3 is 6.18 Å². The first-order valence-electron chi connectivity index (χ1n) is 7.15. The molecule has 1 aromatic carbocycles. The van der Waals surface area contributed by atoms with E-state index in [1.165, 1.54) is 31.4 Å². The Morgan fingerprint density at radius 1 is 1.24 bits per heavy atom. The molecule has 0 bridgehead atoms. The van der Waals surface area contributed by atoms with Gasteiger partial charge in [0, 0.05) is 13.1 Å². The molecule has 0 amide bonds. The van der Waals surface area contributed by atoms with Gasteiger partial charge in [0.05, 0.1) is 5.56 Å². The molecule has 3 N–H and O–H groups in total. The molecule has 21 heavy (non-hydrogen) atoms. The van der Waals surface area contributed by atoms with Crippen molar-refractivity contribution in [2.24, 2.45) is 16.6 Å². The summed E-state index contributed by atoms with van der Waals surface area (Å²) in [7, 11) is 0. The normalized spacial score (nSPS) is 16.6. The molecular weight excluding hydrogens is 279 g/mol. The summed E-state index contributed by atoms with van der Waals surface area (Å²) in [5.41, 5.74) is 5.95. The standard InChI is InChI=1S/C15H20F3N3/c16-15(17,18)13-6-4-11(5-7-13)8-9-20-14(19)21-10-12-2-1-3-12/h4-7,12H,1-3,8-10H2,(H3,19,20,21). The van der Waals surface area contributed by atoms with Crippen LogP contribution in [0.5, 0.6) is 0 Å². The van der Waals surface area contributed by atoms with Crippen molar-refractivity contribution >= 4 is 5.96 Å². The molecule has 0 radical (unpaired) electrons. The zero-order valence-corrected chi connectivity index (χ0v) is 11.8. The Hall–Kier alpha value is -1.72. The third kappa shape index (κ3) is 4.95. The van der Waals surface area contributed by atoms with Gasteiger partial charge in [-0.3, -0.25) is 4.99 Å². The maximum absolute atomic E-state index is 12.4. The van der Waals surface area contributed by atoms with Crippen LogP contribution in [0, 0.1) is 5.92 Å². The predicted molar refractivity (Wildman–Crippen MR) is 77.0 cm³/mol. The third-order valence-electron chi connectivity index (χ3n) is 3.75. The quantitative estimate of drug-likeness (QED) is 0.649. The number of benzene rings is 1. The van der Waals surface area contributed by atoms with Crippen LogP contribution in [-0.2, 0) is 12.6 Å². The predicted octanol–water partition coefficient (Wildman–Crippen LogP) is 2.95. The number of hydrogen-bond acceptors (Lipinski definition) is 1. The molecule has 0 aliphatic heterocycles. The lowest BCUT2D eigenvalue weighted by atomic mass is 9.86. The van der Waals surface area contributed by atoms with Gasteiger partial charge in [-0.25, -0.2) is 0 Å². The monoisotopic (exact) mass is 299 g/mol. The summed E-state index contributed by atoms with van der Waals surface area (Å²) in [5.74, 6) is 1.08. The number of guanidine groups is 1. The highest BCUT2D eigenvalue weighted by Gasteiger charge is 2.29. The van der Waals surface area contributed by atoms with E-state index in [-0.39, 0.29) is 0 Å². The molecule has 0 spiro atoms. The fourth-order valence-corrected chi connectivity index (χ4v) is 2.15. The van der Waals surface area contributed by atoms with Gasteiger partial charge < -0.3 is 11.1 Å². The van der Waals surface area contributed by atoms with Crippen LogP contribution in [0.25, 0.3) is 0 Å². The van der Waals surface area contributed by atoms with E-state index < -0.39 is 11.7 Å². The van der Waals surface area contributed by atoms with E-state index in [0.29, 0.717) is 24.8 Å². The second kappa shape index (κ2) is 6.83. The fourth-order valence-electron chi connectivity index (χ4n) is 2.15. The SMILES string of the molecule is NC(=NCC1CCC1)NCCc1ccc(C(F)(F)F)cc1. The van der Waals surface area contributed by atoms with Gasteiger partial charge in [-0.15, -0.1) is 0 Å². The van der Waals surface area contributed by atoms with E-state index in [4.69, 9.17) is 5.73 Å². The van der Waals surface area contributed by atoms with Crippen molar-refractivity contribution in [2.75, 3.05) is 13.1 Å². The Balaban J connectivity index is 1.72. The van der Waals surface area contributed by atoms with E-state index in [2.05, 4.69) is 10.3 Å². The first-order chi connectivity index (χ1) is 9.95. The van der Waals surface area contributed by atoms with Crippen molar-refractivity contribution in [3.63, 3.8) is 0 Å². The molecule has 0 aromatic heterocycles. The number of hydrogen-bond donors (Lipinski definition) is 2. The lowest BCUT2D eigenvalue weighted by molar-refractivity contribution is -0.137. The Bertz CT molecular complexity index is 476. The minimum Gasteiger partial charge on any atom is -0.370 e. The number of halogens is 3. The van der Waals surface area contributed by atoms with Gasteiger partial charge in [-0.05, 0) is 42.9 Å². The number of aliphatic imine (C=N–C) groups is 1. The molecule has 0 heterocycles. The van der Waals surface area contributed by atoms with Crippen molar-refractivity contribution in [3.8, 4) is 0 Å². The van der Waals surface area contributed by atoms with E-state index in [9.17, 15) is 13.2 Å². The van der Waals surface area contributed by atoms with Gasteiger partial charge in [-0.1, -0.05) is 18.6 Å². The zero-order chi connectivity index (χ0) is 15.3. The van der Waals surface area contributed by atoms with Gasteiger partial charge in [0.15, 0.2) is 5.96 Å². The Kier molecular flexibility index (Phi) is 5.09. The van der Waals surface area contributed by atoms with Crippen molar-refractivity contribution < 1.29 is 13.2 Å². The minimum atomic E-state index is -4.28. The van der Waals surface area contributed by atoms with Gasteiger partial charge in [0.2, 0.25) is 0 Å². The number of alkyl halides is 3. The van der Waals surface area contributed by atoms with Crippen molar-refractivity contribution in [2.45, 2.75) is 31.9 Å². The number of nitrogens with two attached hydrogens (primary N) is 1. The van der Waals surface area contributed by atoms with Crippen LogP contribution in [0.2, 0.25) is 0 Å². The molecule has 1 aromatic rings. The number of nitrogens with one attached hydrogen (secondary N) is 1. The maximum atomic E-state index is 12.4. The molecular formula is C15H20F3N3. The van der Waals surface area contributed by atoms with Crippen LogP contribution in [0.15, 0.2) is 29.3 Å². The van der Waals surface area contributed by atoms with Crippen molar-refractivity contribution in [1.29, 1.82) is 0 Å². The molecule has 1 saturated carbocycles. The minimum absolute atomic E-state index is 0.411. The second-order valence-corrected chi connectivity index (χ2v) is 5.39. The summed E-state index contributed by atoms with van der Waals surface area (Å²) < 4.78 is 37.3. The Labute approximate surface area is 122 Å². The number of rotatable bonds is 5. The second-order valence-electron chi connectivity index (χ2n) is 5.39.